The standard InChI is InChI=1S/C18H32O3S/c1-2-3-4-5-6-7-8-9-10-12-15-18(21-22(19)20)16-13-11-14-17-18/h11,13-14,16H,2-10,12,15,17H2,1H3,(H,19,20)/p-1. The van der Waals surface area contributed by atoms with E-state index in [4.69, 9.17) is 4.18 Å². The summed E-state index contributed by atoms with van der Waals surface area (Å²) >= 11 is -2.45. The number of hydrogen-bond donors (Lipinski definition) is 0. The minimum absolute atomic E-state index is 0.637. The van der Waals surface area contributed by atoms with Crippen molar-refractivity contribution in [3.8, 4) is 0 Å². The van der Waals surface area contributed by atoms with Crippen molar-refractivity contribution in [3.63, 3.8) is 0 Å². The van der Waals surface area contributed by atoms with Gasteiger partial charge in [-0.1, -0.05) is 95.4 Å². The van der Waals surface area contributed by atoms with Crippen molar-refractivity contribution >= 4 is 11.4 Å². The molecule has 0 aromatic rings. The Bertz CT molecular complexity index is 365. The smallest absolute Gasteiger partial charge is 0.106 e. The lowest BCUT2D eigenvalue weighted by Gasteiger charge is -2.31. The Hall–Kier alpha value is -0.450. The van der Waals surface area contributed by atoms with Crippen LogP contribution in [-0.4, -0.2) is 14.4 Å². The van der Waals surface area contributed by atoms with E-state index < -0.39 is 17.0 Å². The highest BCUT2D eigenvalue weighted by molar-refractivity contribution is 7.74. The predicted molar refractivity (Wildman–Crippen MR) is 92.1 cm³/mol. The molecule has 3 nitrogen and oxygen atoms in total. The molecule has 128 valence electrons. The first kappa shape index (κ1) is 19.6. The Labute approximate surface area is 138 Å². The zero-order valence-electron chi connectivity index (χ0n) is 13.9. The van der Waals surface area contributed by atoms with Gasteiger partial charge in [0.2, 0.25) is 0 Å². The Balaban J connectivity index is 2.08. The van der Waals surface area contributed by atoms with Crippen LogP contribution in [0.4, 0.5) is 0 Å². The summed E-state index contributed by atoms with van der Waals surface area (Å²) in [4.78, 5) is 0. The van der Waals surface area contributed by atoms with Gasteiger partial charge in [-0.3, -0.25) is 4.18 Å². The topological polar surface area (TPSA) is 49.4 Å². The van der Waals surface area contributed by atoms with Gasteiger partial charge in [0.05, 0.1) is 11.4 Å². The van der Waals surface area contributed by atoms with Gasteiger partial charge in [0, 0.05) is 0 Å². The lowest BCUT2D eigenvalue weighted by atomic mass is 9.89. The summed E-state index contributed by atoms with van der Waals surface area (Å²) in [6, 6.07) is 0. The molecule has 1 rings (SSSR count). The quantitative estimate of drug-likeness (QED) is 0.338. The van der Waals surface area contributed by atoms with Crippen LogP contribution in [0.15, 0.2) is 24.3 Å². The van der Waals surface area contributed by atoms with Crippen LogP contribution in [0.5, 0.6) is 0 Å². The molecule has 0 amide bonds. The van der Waals surface area contributed by atoms with Crippen LogP contribution in [0.2, 0.25) is 0 Å². The van der Waals surface area contributed by atoms with Crippen LogP contribution in [-0.2, 0) is 15.5 Å². The van der Waals surface area contributed by atoms with Crippen molar-refractivity contribution in [2.24, 2.45) is 0 Å². The summed E-state index contributed by atoms with van der Waals surface area (Å²) in [7, 11) is 0. The molecule has 1 aliphatic rings. The van der Waals surface area contributed by atoms with Gasteiger partial charge in [-0.05, 0) is 12.8 Å². The van der Waals surface area contributed by atoms with Crippen LogP contribution >= 0.6 is 0 Å². The van der Waals surface area contributed by atoms with Crippen molar-refractivity contribution in [3.05, 3.63) is 24.3 Å². The van der Waals surface area contributed by atoms with Gasteiger partial charge in [-0.15, -0.1) is 0 Å². The van der Waals surface area contributed by atoms with Gasteiger partial charge in [0.25, 0.3) is 0 Å². The lowest BCUT2D eigenvalue weighted by Crippen LogP contribution is -2.31. The van der Waals surface area contributed by atoms with E-state index in [1.165, 1.54) is 51.4 Å². The van der Waals surface area contributed by atoms with Crippen LogP contribution in [0, 0.1) is 0 Å². The van der Waals surface area contributed by atoms with Crippen molar-refractivity contribution in [2.45, 2.75) is 89.6 Å². The molecule has 0 aliphatic heterocycles. The number of unbranched alkanes of at least 4 members (excludes halogenated alkanes) is 9. The number of allylic oxidation sites excluding steroid dienone is 2. The molecule has 0 heterocycles. The normalized spacial score (nSPS) is 22.1. The first-order chi connectivity index (χ1) is 10.7. The van der Waals surface area contributed by atoms with E-state index in [0.29, 0.717) is 6.42 Å². The molecule has 0 spiro atoms. The zero-order chi connectivity index (χ0) is 16.1. The zero-order valence-corrected chi connectivity index (χ0v) is 14.7. The van der Waals surface area contributed by atoms with Crippen LogP contribution in [0.1, 0.15) is 84.0 Å². The Morgan fingerprint density at radius 1 is 1.00 bits per heavy atom. The minimum Gasteiger partial charge on any atom is -0.750 e. The molecule has 22 heavy (non-hydrogen) atoms. The molecule has 1 aliphatic carbocycles. The molecule has 0 saturated heterocycles. The average molecular weight is 328 g/mol. The highest BCUT2D eigenvalue weighted by atomic mass is 32.2. The maximum absolute atomic E-state index is 10.9. The number of hydrogen-bond acceptors (Lipinski definition) is 3. The SMILES string of the molecule is CCCCCCCCCCCCC1(OS(=O)[O-])C=CC=CC1. The average Bonchev–Trinajstić information content (AvgIpc) is 2.49. The summed E-state index contributed by atoms with van der Waals surface area (Å²) in [5.41, 5.74) is -0.637. The molecule has 0 radical (unpaired) electrons. The van der Waals surface area contributed by atoms with Gasteiger partial charge >= 0.3 is 0 Å². The molecule has 0 fully saturated rings. The van der Waals surface area contributed by atoms with Crippen molar-refractivity contribution in [2.75, 3.05) is 0 Å². The van der Waals surface area contributed by atoms with Gasteiger partial charge in [-0.2, -0.15) is 0 Å². The highest BCUT2D eigenvalue weighted by Gasteiger charge is 2.28. The molecule has 2 unspecified atom stereocenters. The number of rotatable bonds is 13. The second-order valence-corrected chi connectivity index (χ2v) is 6.85. The Morgan fingerprint density at radius 2 is 1.59 bits per heavy atom. The van der Waals surface area contributed by atoms with E-state index in [0.717, 1.165) is 19.3 Å². The lowest BCUT2D eigenvalue weighted by molar-refractivity contribution is 0.111. The molecular formula is C18H31O3S-. The third-order valence-corrected chi connectivity index (χ3v) is 4.77. The van der Waals surface area contributed by atoms with Crippen LogP contribution in [0.3, 0.4) is 0 Å². The summed E-state index contributed by atoms with van der Waals surface area (Å²) in [6.07, 6.45) is 21.9. The molecule has 0 aromatic carbocycles. The Morgan fingerprint density at radius 3 is 2.09 bits per heavy atom. The highest BCUT2D eigenvalue weighted by Crippen LogP contribution is 2.29. The predicted octanol–water partition coefficient (Wildman–Crippen LogP) is 5.36. The van der Waals surface area contributed by atoms with E-state index in [9.17, 15) is 8.76 Å². The van der Waals surface area contributed by atoms with Gasteiger partial charge in [0.1, 0.15) is 5.60 Å². The van der Waals surface area contributed by atoms with Gasteiger partial charge < -0.3 is 4.55 Å². The summed E-state index contributed by atoms with van der Waals surface area (Å²) in [6.45, 7) is 2.25. The Kier molecular flexibility index (Phi) is 10.7. The van der Waals surface area contributed by atoms with Crippen LogP contribution in [0.25, 0.3) is 0 Å². The summed E-state index contributed by atoms with van der Waals surface area (Å²) in [5, 5.41) is 0. The van der Waals surface area contributed by atoms with Crippen LogP contribution < -0.4 is 0 Å². The molecule has 0 saturated carbocycles. The van der Waals surface area contributed by atoms with E-state index in [1.807, 2.05) is 24.3 Å². The monoisotopic (exact) mass is 327 g/mol. The van der Waals surface area contributed by atoms with Crippen molar-refractivity contribution in [1.82, 2.24) is 0 Å². The van der Waals surface area contributed by atoms with Gasteiger partial charge in [0.15, 0.2) is 0 Å². The minimum atomic E-state index is -2.45. The second kappa shape index (κ2) is 12.0. The molecule has 2 atom stereocenters. The fourth-order valence-corrected chi connectivity index (χ4v) is 3.46. The molecule has 0 bridgehead atoms. The van der Waals surface area contributed by atoms with Crippen molar-refractivity contribution in [1.29, 1.82) is 0 Å². The third kappa shape index (κ3) is 8.86. The molecular weight excluding hydrogens is 296 g/mol. The largest absolute Gasteiger partial charge is 0.750 e. The summed E-state index contributed by atoms with van der Waals surface area (Å²) in [5.74, 6) is 0. The molecule has 0 aromatic heterocycles. The first-order valence-electron chi connectivity index (χ1n) is 8.82. The van der Waals surface area contributed by atoms with Crippen molar-refractivity contribution < 1.29 is 12.9 Å². The fourth-order valence-electron chi connectivity index (χ4n) is 2.98. The maximum Gasteiger partial charge on any atom is 0.106 e. The fraction of sp³-hybridized carbons (Fsp3) is 0.778. The first-order valence-corrected chi connectivity index (χ1v) is 9.82. The van der Waals surface area contributed by atoms with E-state index in [2.05, 4.69) is 6.92 Å². The summed E-state index contributed by atoms with van der Waals surface area (Å²) < 4.78 is 26.9. The molecule has 0 N–H and O–H groups in total. The third-order valence-electron chi connectivity index (χ3n) is 4.30. The van der Waals surface area contributed by atoms with Gasteiger partial charge in [-0.25, -0.2) is 4.21 Å². The molecule has 4 heteroatoms. The van der Waals surface area contributed by atoms with E-state index >= 15 is 0 Å². The maximum atomic E-state index is 10.9. The van der Waals surface area contributed by atoms with E-state index in [-0.39, 0.29) is 0 Å². The van der Waals surface area contributed by atoms with E-state index in [1.54, 1.807) is 0 Å². The second-order valence-electron chi connectivity index (χ2n) is 6.28.